The molecule has 0 fully saturated rings. The van der Waals surface area contributed by atoms with Crippen molar-refractivity contribution in [2.45, 2.75) is 20.8 Å². The number of aliphatic hydroxyl groups is 2. The van der Waals surface area contributed by atoms with E-state index in [0.717, 1.165) is 0 Å². The Morgan fingerprint density at radius 2 is 1.82 bits per heavy atom. The minimum atomic E-state index is -0.718. The van der Waals surface area contributed by atoms with Crippen LogP contribution in [0.3, 0.4) is 0 Å². The minimum absolute atomic E-state index is 0.389. The van der Waals surface area contributed by atoms with Crippen LogP contribution in [0, 0.1) is 5.92 Å². The lowest BCUT2D eigenvalue weighted by atomic mass is 10.2. The van der Waals surface area contributed by atoms with Crippen LogP contribution in [0.25, 0.3) is 0 Å². The van der Waals surface area contributed by atoms with E-state index in [2.05, 4.69) is 4.74 Å². The highest BCUT2D eigenvalue weighted by molar-refractivity contribution is 5.78. The molecule has 1 aliphatic rings. The van der Waals surface area contributed by atoms with E-state index in [9.17, 15) is 4.79 Å². The molecule has 0 spiro atoms. The second-order valence-electron chi connectivity index (χ2n) is 1.83. The molecule has 0 aliphatic carbocycles. The van der Waals surface area contributed by atoms with Crippen LogP contribution in [-0.4, -0.2) is 16.2 Å². The number of esters is 1. The molecular formula is C7H12O4. The van der Waals surface area contributed by atoms with Crippen molar-refractivity contribution in [2.75, 3.05) is 0 Å². The molecule has 0 aromatic carbocycles. The van der Waals surface area contributed by atoms with Gasteiger partial charge in [0.2, 0.25) is 0 Å². The zero-order valence-electron chi connectivity index (χ0n) is 6.79. The topological polar surface area (TPSA) is 66.8 Å². The number of cyclic esters (lactones) is 1. The summed E-state index contributed by atoms with van der Waals surface area (Å²) in [6.07, 6.45) is 0. The van der Waals surface area contributed by atoms with Crippen LogP contribution < -0.4 is 0 Å². The molecule has 1 unspecified atom stereocenters. The molecule has 1 aliphatic heterocycles. The molecule has 0 saturated heterocycles. The lowest BCUT2D eigenvalue weighted by Gasteiger charge is -1.91. The van der Waals surface area contributed by atoms with Crippen LogP contribution in [0.4, 0.5) is 0 Å². The summed E-state index contributed by atoms with van der Waals surface area (Å²) in [7, 11) is 0. The molecule has 0 radical (unpaired) electrons. The molecule has 1 heterocycles. The number of carbonyl (C=O) groups excluding carboxylic acids is 1. The number of carbonyl (C=O) groups is 1. The second-order valence-corrected chi connectivity index (χ2v) is 1.83. The van der Waals surface area contributed by atoms with Gasteiger partial charge in [0.05, 0.1) is 0 Å². The van der Waals surface area contributed by atoms with E-state index in [0.29, 0.717) is 0 Å². The molecule has 4 heteroatoms. The monoisotopic (exact) mass is 160 g/mol. The second kappa shape index (κ2) is 3.85. The normalized spacial score (nSPS) is 22.5. The first-order valence-corrected chi connectivity index (χ1v) is 3.46. The molecule has 4 nitrogen and oxygen atoms in total. The zero-order chi connectivity index (χ0) is 9.02. The van der Waals surface area contributed by atoms with Crippen molar-refractivity contribution >= 4 is 5.97 Å². The maximum Gasteiger partial charge on any atom is 0.324 e. The largest absolute Gasteiger partial charge is 0.505 e. The summed E-state index contributed by atoms with van der Waals surface area (Å²) in [5.74, 6) is -2.40. The van der Waals surface area contributed by atoms with Gasteiger partial charge >= 0.3 is 11.9 Å². The van der Waals surface area contributed by atoms with E-state index in [4.69, 9.17) is 10.2 Å². The third-order valence-electron chi connectivity index (χ3n) is 1.18. The van der Waals surface area contributed by atoms with Crippen molar-refractivity contribution in [1.29, 1.82) is 0 Å². The van der Waals surface area contributed by atoms with Crippen molar-refractivity contribution < 1.29 is 19.7 Å². The van der Waals surface area contributed by atoms with Gasteiger partial charge in [-0.3, -0.25) is 4.79 Å². The number of ether oxygens (including phenoxy) is 1. The molecule has 1 atom stereocenters. The lowest BCUT2D eigenvalue weighted by Crippen LogP contribution is -2.06. The van der Waals surface area contributed by atoms with Crippen molar-refractivity contribution in [3.8, 4) is 0 Å². The molecule has 0 bridgehead atoms. The smallest absolute Gasteiger partial charge is 0.324 e. The van der Waals surface area contributed by atoms with E-state index in [1.165, 1.54) is 6.92 Å². The lowest BCUT2D eigenvalue weighted by molar-refractivity contribution is -0.142. The molecule has 0 amide bonds. The standard InChI is InChI=1S/C5H6O4.C2H6/c1-2-3(6)5(8)9-4(2)7;1-2/h2,6,8H,1H3;1-2H3. The number of hydrogen-bond donors (Lipinski definition) is 2. The van der Waals surface area contributed by atoms with E-state index < -0.39 is 17.8 Å². The maximum absolute atomic E-state index is 10.4. The molecule has 0 saturated carbocycles. The van der Waals surface area contributed by atoms with Gasteiger partial charge in [0, 0.05) is 0 Å². The van der Waals surface area contributed by atoms with Gasteiger partial charge in [-0.15, -0.1) is 0 Å². The Labute approximate surface area is 65.1 Å². The van der Waals surface area contributed by atoms with E-state index in [1.54, 1.807) is 0 Å². The average molecular weight is 160 g/mol. The summed E-state index contributed by atoms with van der Waals surface area (Å²) in [5.41, 5.74) is 0. The highest BCUT2D eigenvalue weighted by atomic mass is 16.6. The first-order valence-electron chi connectivity index (χ1n) is 3.46. The van der Waals surface area contributed by atoms with Gasteiger partial charge in [-0.2, -0.15) is 0 Å². The SMILES string of the molecule is CC.CC1C(=O)OC(O)=C1O. The Hall–Kier alpha value is -1.19. The van der Waals surface area contributed by atoms with E-state index >= 15 is 0 Å². The molecule has 1 rings (SSSR count). The molecule has 0 aromatic heterocycles. The highest BCUT2D eigenvalue weighted by Gasteiger charge is 2.31. The highest BCUT2D eigenvalue weighted by Crippen LogP contribution is 2.21. The molecule has 0 aromatic rings. The van der Waals surface area contributed by atoms with Crippen LogP contribution in [-0.2, 0) is 9.53 Å². The van der Waals surface area contributed by atoms with Crippen LogP contribution in [0.5, 0.6) is 0 Å². The Kier molecular flexibility index (Phi) is 3.44. The summed E-state index contributed by atoms with van der Waals surface area (Å²) >= 11 is 0. The van der Waals surface area contributed by atoms with Crippen LogP contribution >= 0.6 is 0 Å². The molecular weight excluding hydrogens is 148 g/mol. The van der Waals surface area contributed by atoms with Gasteiger partial charge < -0.3 is 14.9 Å². The molecule has 2 N–H and O–H groups in total. The number of hydrogen-bond acceptors (Lipinski definition) is 4. The summed E-state index contributed by atoms with van der Waals surface area (Å²) in [5, 5.41) is 17.2. The van der Waals surface area contributed by atoms with Crippen molar-refractivity contribution in [1.82, 2.24) is 0 Å². The van der Waals surface area contributed by atoms with Crippen LogP contribution in [0.2, 0.25) is 0 Å². The minimum Gasteiger partial charge on any atom is -0.505 e. The quantitative estimate of drug-likeness (QED) is 0.527. The first kappa shape index (κ1) is 9.81. The molecule has 11 heavy (non-hydrogen) atoms. The van der Waals surface area contributed by atoms with Gasteiger partial charge in [-0.1, -0.05) is 13.8 Å². The Balaban J connectivity index is 0.000000461. The summed E-state index contributed by atoms with van der Waals surface area (Å²) in [6.45, 7) is 5.45. The van der Waals surface area contributed by atoms with Gasteiger partial charge in [-0.25, -0.2) is 0 Å². The maximum atomic E-state index is 10.4. The van der Waals surface area contributed by atoms with Crippen molar-refractivity contribution in [2.24, 2.45) is 5.92 Å². The molecule has 64 valence electrons. The van der Waals surface area contributed by atoms with Gasteiger partial charge in [0.15, 0.2) is 5.76 Å². The van der Waals surface area contributed by atoms with Crippen LogP contribution in [0.1, 0.15) is 20.8 Å². The Morgan fingerprint density at radius 3 is 1.91 bits per heavy atom. The van der Waals surface area contributed by atoms with E-state index in [1.807, 2.05) is 13.8 Å². The van der Waals surface area contributed by atoms with Crippen molar-refractivity contribution in [3.05, 3.63) is 11.7 Å². The van der Waals surface area contributed by atoms with Crippen molar-refractivity contribution in [3.63, 3.8) is 0 Å². The Bertz CT molecular complexity index is 183. The fourth-order valence-corrected chi connectivity index (χ4v) is 0.533. The fraction of sp³-hybridized carbons (Fsp3) is 0.571. The predicted molar refractivity (Wildman–Crippen MR) is 38.9 cm³/mol. The summed E-state index contributed by atoms with van der Waals surface area (Å²) < 4.78 is 4.13. The first-order chi connectivity index (χ1) is 5.13. The fourth-order valence-electron chi connectivity index (χ4n) is 0.533. The van der Waals surface area contributed by atoms with Gasteiger partial charge in [0.25, 0.3) is 0 Å². The average Bonchev–Trinajstić information content (AvgIpc) is 2.22. The number of aliphatic hydroxyl groups excluding tert-OH is 2. The van der Waals surface area contributed by atoms with Crippen LogP contribution in [0.15, 0.2) is 11.7 Å². The zero-order valence-corrected chi connectivity index (χ0v) is 6.79. The number of rotatable bonds is 0. The third-order valence-corrected chi connectivity index (χ3v) is 1.18. The predicted octanol–water partition coefficient (Wildman–Crippen LogP) is 1.49. The summed E-state index contributed by atoms with van der Waals surface area (Å²) in [6, 6.07) is 0. The Morgan fingerprint density at radius 1 is 1.36 bits per heavy atom. The van der Waals surface area contributed by atoms with Gasteiger partial charge in [0.1, 0.15) is 5.92 Å². The third kappa shape index (κ3) is 1.86. The van der Waals surface area contributed by atoms with E-state index in [-0.39, 0.29) is 5.76 Å². The summed E-state index contributed by atoms with van der Waals surface area (Å²) in [4.78, 5) is 10.4. The van der Waals surface area contributed by atoms with Gasteiger partial charge in [-0.05, 0) is 6.92 Å².